The fourth-order valence-electron chi connectivity index (χ4n) is 3.42. The monoisotopic (exact) mass is 516 g/mol. The van der Waals surface area contributed by atoms with Gasteiger partial charge in [-0.05, 0) is 42.0 Å². The summed E-state index contributed by atoms with van der Waals surface area (Å²) in [6.07, 6.45) is 0. The van der Waals surface area contributed by atoms with Crippen LogP contribution in [0.2, 0.25) is 5.02 Å². The maximum atomic E-state index is 12.7. The van der Waals surface area contributed by atoms with Crippen LogP contribution in [0.1, 0.15) is 32.0 Å². The average molecular weight is 517 g/mol. The summed E-state index contributed by atoms with van der Waals surface area (Å²) in [5.74, 6) is -0.101. The minimum atomic E-state index is -3.85. The minimum Gasteiger partial charge on any atom is -0.308 e. The molecular weight excluding hydrogens is 492 g/mol. The number of nitrogens with zero attached hydrogens (tertiary/aromatic N) is 3. The van der Waals surface area contributed by atoms with Crippen LogP contribution in [0.5, 0.6) is 0 Å². The topological polar surface area (TPSA) is 125 Å². The number of halogens is 1. The molecule has 3 amide bonds. The number of urea groups is 1. The van der Waals surface area contributed by atoms with Gasteiger partial charge in [-0.25, -0.2) is 13.8 Å². The number of rotatable bonds is 5. The van der Waals surface area contributed by atoms with Gasteiger partial charge in [0.05, 0.1) is 24.5 Å². The van der Waals surface area contributed by atoms with E-state index in [4.69, 9.17) is 11.6 Å². The molecule has 2 aromatic carbocycles. The fraction of sp³-hybridized carbons (Fsp3) is 0.261. The molecule has 0 saturated carbocycles. The summed E-state index contributed by atoms with van der Waals surface area (Å²) in [6.45, 7) is 5.64. The molecule has 10 nitrogen and oxygen atoms in total. The molecule has 1 fully saturated rings. The predicted octanol–water partition coefficient (Wildman–Crippen LogP) is 3.64. The number of hydrogen-bond donors (Lipinski definition) is 3. The molecule has 3 N–H and O–H groups in total. The third kappa shape index (κ3) is 5.64. The summed E-state index contributed by atoms with van der Waals surface area (Å²) in [7, 11) is -3.85. The van der Waals surface area contributed by atoms with Crippen molar-refractivity contribution in [1.82, 2.24) is 18.8 Å². The first-order chi connectivity index (χ1) is 16.4. The zero-order chi connectivity index (χ0) is 25.4. The number of carbonyl (C=O) groups excluding carboxylic acids is 2. The Bertz CT molecular complexity index is 1380. The number of anilines is 2. The second-order valence-corrected chi connectivity index (χ2v) is 11.2. The van der Waals surface area contributed by atoms with Crippen molar-refractivity contribution in [2.45, 2.75) is 32.7 Å². The quantitative estimate of drug-likeness (QED) is 0.477. The second kappa shape index (κ2) is 9.33. The molecule has 35 heavy (non-hydrogen) atoms. The Labute approximate surface area is 208 Å². The number of nitrogens with one attached hydrogen (secondary N) is 3. The normalized spacial score (nSPS) is 15.3. The molecule has 0 atom stereocenters. The summed E-state index contributed by atoms with van der Waals surface area (Å²) < 4.78 is 28.8. The zero-order valence-corrected chi connectivity index (χ0v) is 20.9. The molecule has 2 heterocycles. The Morgan fingerprint density at radius 3 is 2.46 bits per heavy atom. The van der Waals surface area contributed by atoms with Crippen LogP contribution in [0.3, 0.4) is 0 Å². The first-order valence-corrected chi connectivity index (χ1v) is 12.6. The SMILES string of the molecule is CC(C)(C)c1cc(NC(=O)Nc2ccc(Cl)cc2)n(-c2cccc(CN3C(=O)CNS3(=O)=O)c2)n1. The summed E-state index contributed by atoms with van der Waals surface area (Å²) in [6, 6.07) is 15.0. The van der Waals surface area contributed by atoms with Gasteiger partial charge in [-0.2, -0.15) is 18.2 Å². The Morgan fingerprint density at radius 1 is 1.11 bits per heavy atom. The molecule has 1 saturated heterocycles. The van der Waals surface area contributed by atoms with Crippen LogP contribution in [0.25, 0.3) is 5.69 Å². The molecule has 0 unspecified atom stereocenters. The third-order valence-corrected chi connectivity index (χ3v) is 6.95. The molecule has 1 aliphatic heterocycles. The van der Waals surface area contributed by atoms with Crippen LogP contribution in [0.4, 0.5) is 16.3 Å². The molecule has 3 aromatic rings. The Balaban J connectivity index is 1.63. The smallest absolute Gasteiger partial charge is 0.308 e. The van der Waals surface area contributed by atoms with Gasteiger partial charge >= 0.3 is 16.2 Å². The van der Waals surface area contributed by atoms with E-state index in [2.05, 4.69) is 20.5 Å². The van der Waals surface area contributed by atoms with E-state index in [9.17, 15) is 18.0 Å². The predicted molar refractivity (Wildman–Crippen MR) is 134 cm³/mol. The average Bonchev–Trinajstić information content (AvgIpc) is 3.32. The minimum absolute atomic E-state index is 0.116. The summed E-state index contributed by atoms with van der Waals surface area (Å²) >= 11 is 5.90. The lowest BCUT2D eigenvalue weighted by atomic mass is 9.92. The van der Waals surface area contributed by atoms with Crippen LogP contribution in [-0.4, -0.2) is 41.0 Å². The van der Waals surface area contributed by atoms with Gasteiger partial charge in [-0.3, -0.25) is 10.1 Å². The van der Waals surface area contributed by atoms with Crippen molar-refractivity contribution in [3.8, 4) is 5.69 Å². The zero-order valence-electron chi connectivity index (χ0n) is 19.4. The summed E-state index contributed by atoms with van der Waals surface area (Å²) in [4.78, 5) is 24.7. The lowest BCUT2D eigenvalue weighted by molar-refractivity contribution is -0.124. The van der Waals surface area contributed by atoms with Gasteiger partial charge < -0.3 is 5.32 Å². The van der Waals surface area contributed by atoms with Gasteiger partial charge in [0.25, 0.3) is 5.91 Å². The third-order valence-electron chi connectivity index (χ3n) is 5.28. The van der Waals surface area contributed by atoms with E-state index in [1.165, 1.54) is 0 Å². The van der Waals surface area contributed by atoms with Crippen LogP contribution in [-0.2, 0) is 27.0 Å². The maximum Gasteiger partial charge on any atom is 0.324 e. The van der Waals surface area contributed by atoms with Crippen molar-refractivity contribution >= 4 is 45.3 Å². The molecule has 1 aromatic heterocycles. The molecule has 0 aliphatic carbocycles. The van der Waals surface area contributed by atoms with Crippen molar-refractivity contribution in [2.75, 3.05) is 17.2 Å². The molecule has 184 valence electrons. The van der Waals surface area contributed by atoms with Crippen molar-refractivity contribution < 1.29 is 18.0 Å². The lowest BCUT2D eigenvalue weighted by Crippen LogP contribution is -2.31. The standard InChI is InChI=1S/C23H25ClN6O4S/c1-23(2,3)19-12-20(27-22(32)26-17-9-7-16(24)8-10-17)30(28-19)18-6-4-5-15(11-18)14-29-21(31)13-25-35(29,33)34/h4-12,25H,13-14H2,1-3H3,(H2,26,27,32). The number of carbonyl (C=O) groups is 2. The van der Waals surface area contributed by atoms with E-state index < -0.39 is 22.1 Å². The van der Waals surface area contributed by atoms with E-state index in [0.29, 0.717) is 27.8 Å². The number of amides is 3. The first-order valence-electron chi connectivity index (χ1n) is 10.8. The fourth-order valence-corrected chi connectivity index (χ4v) is 4.66. The van der Waals surface area contributed by atoms with Crippen LogP contribution < -0.4 is 15.4 Å². The number of benzene rings is 2. The van der Waals surface area contributed by atoms with E-state index in [-0.39, 0.29) is 18.5 Å². The maximum absolute atomic E-state index is 12.7. The van der Waals surface area contributed by atoms with Gasteiger partial charge in [0.15, 0.2) is 0 Å². The van der Waals surface area contributed by atoms with Gasteiger partial charge in [0.2, 0.25) is 0 Å². The van der Waals surface area contributed by atoms with E-state index in [1.54, 1.807) is 59.3 Å². The molecule has 4 rings (SSSR count). The summed E-state index contributed by atoms with van der Waals surface area (Å²) in [5, 5.41) is 10.8. The Morgan fingerprint density at radius 2 is 1.83 bits per heavy atom. The van der Waals surface area contributed by atoms with Gasteiger partial charge in [0.1, 0.15) is 5.82 Å². The highest BCUT2D eigenvalue weighted by atomic mass is 35.5. The highest BCUT2D eigenvalue weighted by Crippen LogP contribution is 2.27. The molecule has 0 radical (unpaired) electrons. The molecule has 0 spiro atoms. The highest BCUT2D eigenvalue weighted by Gasteiger charge is 2.34. The molecule has 12 heteroatoms. The van der Waals surface area contributed by atoms with Crippen LogP contribution in [0, 0.1) is 0 Å². The largest absolute Gasteiger partial charge is 0.324 e. The van der Waals surface area contributed by atoms with Crippen LogP contribution in [0.15, 0.2) is 54.6 Å². The Hall–Kier alpha value is -3.41. The van der Waals surface area contributed by atoms with Crippen molar-refractivity contribution in [3.63, 3.8) is 0 Å². The number of hydrogen-bond acceptors (Lipinski definition) is 5. The van der Waals surface area contributed by atoms with Gasteiger partial charge in [0, 0.05) is 22.2 Å². The van der Waals surface area contributed by atoms with Crippen molar-refractivity contribution in [2.24, 2.45) is 0 Å². The van der Waals surface area contributed by atoms with Crippen molar-refractivity contribution in [3.05, 3.63) is 70.9 Å². The summed E-state index contributed by atoms with van der Waals surface area (Å²) in [5.41, 5.74) is 2.20. The first kappa shape index (κ1) is 24.7. The lowest BCUT2D eigenvalue weighted by Gasteiger charge is -2.16. The van der Waals surface area contributed by atoms with E-state index in [0.717, 1.165) is 10.00 Å². The van der Waals surface area contributed by atoms with Crippen LogP contribution >= 0.6 is 11.6 Å². The van der Waals surface area contributed by atoms with E-state index >= 15 is 0 Å². The molecular formula is C23H25ClN6O4S. The Kier molecular flexibility index (Phi) is 6.58. The van der Waals surface area contributed by atoms with E-state index in [1.807, 2.05) is 20.8 Å². The van der Waals surface area contributed by atoms with Crippen molar-refractivity contribution in [1.29, 1.82) is 0 Å². The number of aromatic nitrogens is 2. The van der Waals surface area contributed by atoms with Gasteiger partial charge in [-0.15, -0.1) is 0 Å². The second-order valence-electron chi connectivity index (χ2n) is 9.06. The molecule has 0 bridgehead atoms. The molecule has 1 aliphatic rings. The van der Waals surface area contributed by atoms with Gasteiger partial charge in [-0.1, -0.05) is 44.5 Å². The highest BCUT2D eigenvalue weighted by molar-refractivity contribution is 7.88.